The first-order chi connectivity index (χ1) is 13.5. The highest BCUT2D eigenvalue weighted by Gasteiger charge is 2.34. The molecule has 2 atom stereocenters. The van der Waals surface area contributed by atoms with E-state index in [0.29, 0.717) is 23.0 Å². The number of alkyl carbamates (subject to hydrolysis) is 1. The molecule has 2 aromatic rings. The Morgan fingerprint density at radius 3 is 2.52 bits per heavy atom. The van der Waals surface area contributed by atoms with Crippen LogP contribution in [0.5, 0.6) is 0 Å². The number of benzene rings is 1. The van der Waals surface area contributed by atoms with Crippen molar-refractivity contribution in [3.63, 3.8) is 0 Å². The maximum absolute atomic E-state index is 13.3. The van der Waals surface area contributed by atoms with Gasteiger partial charge in [-0.15, -0.1) is 0 Å². The molecule has 158 valence electrons. The van der Waals surface area contributed by atoms with E-state index in [1.807, 2.05) is 0 Å². The number of alkyl halides is 3. The minimum atomic E-state index is -4.52. The van der Waals surface area contributed by atoms with Crippen molar-refractivity contribution in [2.75, 3.05) is 5.32 Å². The number of nitrogens with one attached hydrogen (secondary N) is 2. The fraction of sp³-hybridized carbons (Fsp3) is 0.524. The molecule has 0 aliphatic heterocycles. The van der Waals surface area contributed by atoms with Crippen LogP contribution in [0.3, 0.4) is 0 Å². The summed E-state index contributed by atoms with van der Waals surface area (Å²) in [6.07, 6.45) is -1.91. The summed E-state index contributed by atoms with van der Waals surface area (Å²) in [5.41, 5.74) is -0.798. The van der Waals surface area contributed by atoms with Crippen molar-refractivity contribution in [2.24, 2.45) is 0 Å². The lowest BCUT2D eigenvalue weighted by Gasteiger charge is -2.32. The number of carbonyl (C=O) groups excluding carboxylic acids is 1. The van der Waals surface area contributed by atoms with E-state index in [9.17, 15) is 18.0 Å². The normalized spacial score (nSPS) is 20.3. The Morgan fingerprint density at radius 1 is 1.14 bits per heavy atom. The first-order valence-corrected chi connectivity index (χ1v) is 9.74. The quantitative estimate of drug-likeness (QED) is 0.703. The Labute approximate surface area is 168 Å². The molecule has 1 aliphatic carbocycles. The number of hydrogen-bond donors (Lipinski definition) is 2. The monoisotopic (exact) mass is 409 g/mol. The summed E-state index contributed by atoms with van der Waals surface area (Å²) in [6.45, 7) is 5.39. The second kappa shape index (κ2) is 8.08. The van der Waals surface area contributed by atoms with Gasteiger partial charge in [0.2, 0.25) is 0 Å². The van der Waals surface area contributed by atoms with Gasteiger partial charge in [-0.2, -0.15) is 13.2 Å². The second-order valence-corrected chi connectivity index (χ2v) is 8.42. The third-order valence-electron chi connectivity index (χ3n) is 4.76. The zero-order chi connectivity index (χ0) is 21.2. The van der Waals surface area contributed by atoms with Gasteiger partial charge in [0.25, 0.3) is 0 Å². The van der Waals surface area contributed by atoms with Gasteiger partial charge < -0.3 is 15.4 Å². The van der Waals surface area contributed by atoms with E-state index in [-0.39, 0.29) is 12.1 Å². The van der Waals surface area contributed by atoms with Crippen LogP contribution in [0, 0.1) is 0 Å². The summed E-state index contributed by atoms with van der Waals surface area (Å²) >= 11 is 0. The maximum atomic E-state index is 13.3. The molecule has 1 heterocycles. The van der Waals surface area contributed by atoms with Gasteiger partial charge in [0.1, 0.15) is 11.3 Å². The smallest absolute Gasteiger partial charge is 0.433 e. The topological polar surface area (TPSA) is 63.2 Å². The van der Waals surface area contributed by atoms with Crippen molar-refractivity contribution in [1.82, 2.24) is 10.3 Å². The average molecular weight is 409 g/mol. The number of rotatable bonds is 3. The van der Waals surface area contributed by atoms with E-state index in [2.05, 4.69) is 15.6 Å². The highest BCUT2D eigenvalue weighted by atomic mass is 19.4. The average Bonchev–Trinajstić information content (AvgIpc) is 2.59. The molecule has 8 heteroatoms. The molecule has 0 radical (unpaired) electrons. The van der Waals surface area contributed by atoms with Crippen LogP contribution in [0.2, 0.25) is 0 Å². The number of ether oxygens (including phenoxy) is 1. The van der Waals surface area contributed by atoms with Crippen molar-refractivity contribution >= 4 is 22.7 Å². The molecule has 1 aromatic carbocycles. The molecular weight excluding hydrogens is 383 g/mol. The van der Waals surface area contributed by atoms with Gasteiger partial charge in [0.15, 0.2) is 0 Å². The molecule has 1 saturated carbocycles. The third-order valence-corrected chi connectivity index (χ3v) is 4.76. The van der Waals surface area contributed by atoms with E-state index >= 15 is 0 Å². The fourth-order valence-corrected chi connectivity index (χ4v) is 3.59. The summed E-state index contributed by atoms with van der Waals surface area (Å²) in [5.74, 6) is 0. The highest BCUT2D eigenvalue weighted by Crippen LogP contribution is 2.34. The van der Waals surface area contributed by atoms with Gasteiger partial charge in [-0.1, -0.05) is 18.2 Å². The summed E-state index contributed by atoms with van der Waals surface area (Å²) in [5, 5.41) is 6.77. The Bertz CT molecular complexity index is 878. The van der Waals surface area contributed by atoms with Gasteiger partial charge in [0.05, 0.1) is 5.52 Å². The molecule has 0 bridgehead atoms. The zero-order valence-corrected chi connectivity index (χ0v) is 16.8. The lowest BCUT2D eigenvalue weighted by Crippen LogP contribution is -2.43. The van der Waals surface area contributed by atoms with Crippen molar-refractivity contribution in [3.8, 4) is 0 Å². The van der Waals surface area contributed by atoms with Crippen LogP contribution in [0.15, 0.2) is 30.3 Å². The minimum Gasteiger partial charge on any atom is -0.444 e. The molecule has 2 N–H and O–H groups in total. The van der Waals surface area contributed by atoms with Gasteiger partial charge in [0, 0.05) is 23.2 Å². The van der Waals surface area contributed by atoms with Crippen LogP contribution >= 0.6 is 0 Å². The predicted molar refractivity (Wildman–Crippen MR) is 106 cm³/mol. The number of carbonyl (C=O) groups is 1. The van der Waals surface area contributed by atoms with Gasteiger partial charge in [-0.05, 0) is 58.6 Å². The van der Waals surface area contributed by atoms with Crippen molar-refractivity contribution < 1.29 is 22.7 Å². The molecule has 29 heavy (non-hydrogen) atoms. The van der Waals surface area contributed by atoms with E-state index in [0.717, 1.165) is 25.3 Å². The molecular formula is C21H26F3N3O2. The largest absolute Gasteiger partial charge is 0.444 e. The number of halogens is 3. The molecule has 1 fully saturated rings. The Kier molecular flexibility index (Phi) is 5.91. The molecule has 0 unspecified atom stereocenters. The zero-order valence-electron chi connectivity index (χ0n) is 16.8. The molecule has 1 aliphatic rings. The first kappa shape index (κ1) is 21.2. The van der Waals surface area contributed by atoms with Crippen LogP contribution in [0.25, 0.3) is 10.9 Å². The van der Waals surface area contributed by atoms with Crippen LogP contribution in [-0.4, -0.2) is 28.8 Å². The fourth-order valence-electron chi connectivity index (χ4n) is 3.59. The molecule has 1 amide bonds. The second-order valence-electron chi connectivity index (χ2n) is 8.42. The molecule has 1 aromatic heterocycles. The number of para-hydroxylation sites is 1. The predicted octanol–water partition coefficient (Wildman–Crippen LogP) is 5.50. The highest BCUT2D eigenvalue weighted by molar-refractivity contribution is 5.91. The number of nitrogens with zero attached hydrogens (tertiary/aromatic N) is 1. The van der Waals surface area contributed by atoms with Gasteiger partial charge in [-0.3, -0.25) is 0 Å². The summed E-state index contributed by atoms with van der Waals surface area (Å²) in [7, 11) is 0. The third kappa shape index (κ3) is 5.74. The summed E-state index contributed by atoms with van der Waals surface area (Å²) in [4.78, 5) is 15.8. The van der Waals surface area contributed by atoms with E-state index in [1.165, 1.54) is 0 Å². The number of fused-ring (bicyclic) bond motifs is 1. The number of anilines is 1. The summed E-state index contributed by atoms with van der Waals surface area (Å²) < 4.78 is 45.1. The number of hydrogen-bond acceptors (Lipinski definition) is 4. The molecule has 0 spiro atoms. The number of amides is 1. The lowest BCUT2D eigenvalue weighted by molar-refractivity contribution is -0.140. The van der Waals surface area contributed by atoms with Crippen LogP contribution in [-0.2, 0) is 10.9 Å². The van der Waals surface area contributed by atoms with Crippen LogP contribution < -0.4 is 10.6 Å². The van der Waals surface area contributed by atoms with E-state index in [1.54, 1.807) is 45.0 Å². The Morgan fingerprint density at radius 2 is 1.83 bits per heavy atom. The number of aromatic nitrogens is 1. The van der Waals surface area contributed by atoms with Crippen LogP contribution in [0.4, 0.5) is 23.7 Å². The van der Waals surface area contributed by atoms with Crippen molar-refractivity contribution in [1.29, 1.82) is 0 Å². The SMILES string of the molecule is CC(C)(C)OC(=O)N[C@@H]1CCC[C@H](Nc2cc(C(F)(F)F)nc3ccccc23)C1. The Balaban J connectivity index is 1.75. The standard InChI is InChI=1S/C21H26F3N3O2/c1-20(2,3)29-19(28)26-14-8-6-7-13(11-14)25-17-12-18(21(22,23)24)27-16-10-5-4-9-15(16)17/h4-5,9-10,12-14H,6-8,11H2,1-3H3,(H,25,27)(H,26,28)/t13-,14+/m0/s1. The molecule has 3 rings (SSSR count). The van der Waals surface area contributed by atoms with Crippen LogP contribution in [0.1, 0.15) is 52.1 Å². The van der Waals surface area contributed by atoms with Gasteiger partial charge >= 0.3 is 12.3 Å². The van der Waals surface area contributed by atoms with Crippen molar-refractivity contribution in [2.45, 2.75) is 70.3 Å². The van der Waals surface area contributed by atoms with E-state index in [4.69, 9.17) is 4.74 Å². The molecule has 0 saturated heterocycles. The lowest BCUT2D eigenvalue weighted by atomic mass is 9.90. The molecule has 5 nitrogen and oxygen atoms in total. The summed E-state index contributed by atoms with van der Waals surface area (Å²) in [6, 6.07) is 7.68. The first-order valence-electron chi connectivity index (χ1n) is 9.74. The minimum absolute atomic E-state index is 0.0597. The maximum Gasteiger partial charge on any atom is 0.433 e. The Hall–Kier alpha value is -2.51. The van der Waals surface area contributed by atoms with E-state index < -0.39 is 23.6 Å². The van der Waals surface area contributed by atoms with Gasteiger partial charge in [-0.25, -0.2) is 9.78 Å². The number of pyridine rings is 1. The van der Waals surface area contributed by atoms with Crippen molar-refractivity contribution in [3.05, 3.63) is 36.0 Å².